The molecule has 1 atom stereocenters. The number of benzene rings is 5. The smallest absolute Gasteiger partial charge is 0.221 e. The Morgan fingerprint density at radius 2 is 1.44 bits per heavy atom. The van der Waals surface area contributed by atoms with Crippen molar-refractivity contribution in [2.75, 3.05) is 7.11 Å². The first kappa shape index (κ1) is 29.8. The number of nitrogens with zero attached hydrogens (tertiary/aromatic N) is 1. The molecule has 0 saturated heterocycles. The Balaban J connectivity index is 1.37. The molecule has 5 nitrogen and oxygen atoms in total. The van der Waals surface area contributed by atoms with Crippen molar-refractivity contribution in [1.82, 2.24) is 9.88 Å². The molecule has 0 fully saturated rings. The molecule has 0 spiro atoms. The SMILES string of the molecule is COc1ccc(C(CC(=O)NCc2ccccc2)c2cn(Cc3ccc(C)cc3)c3ccccc23)cc1OCc1ccccc1. The summed E-state index contributed by atoms with van der Waals surface area (Å²) in [7, 11) is 1.65. The van der Waals surface area contributed by atoms with E-state index in [1.807, 2.05) is 72.8 Å². The zero-order valence-corrected chi connectivity index (χ0v) is 25.8. The summed E-state index contributed by atoms with van der Waals surface area (Å²) in [6, 6.07) is 43.2. The second-order valence-corrected chi connectivity index (χ2v) is 11.4. The maximum Gasteiger partial charge on any atom is 0.221 e. The van der Waals surface area contributed by atoms with E-state index in [1.54, 1.807) is 7.11 Å². The minimum Gasteiger partial charge on any atom is -0.493 e. The minimum atomic E-state index is -0.213. The van der Waals surface area contributed by atoms with Gasteiger partial charge in [-0.25, -0.2) is 0 Å². The van der Waals surface area contributed by atoms with E-state index < -0.39 is 0 Å². The van der Waals surface area contributed by atoms with Gasteiger partial charge in [-0.1, -0.05) is 115 Å². The number of hydrogen-bond acceptors (Lipinski definition) is 3. The van der Waals surface area contributed by atoms with Gasteiger partial charge >= 0.3 is 0 Å². The Bertz CT molecular complexity index is 1860. The summed E-state index contributed by atoms with van der Waals surface area (Å²) in [6.07, 6.45) is 2.50. The number of fused-ring (bicyclic) bond motifs is 1. The van der Waals surface area contributed by atoms with E-state index in [1.165, 1.54) is 11.1 Å². The van der Waals surface area contributed by atoms with Crippen LogP contribution in [0.2, 0.25) is 0 Å². The third-order valence-electron chi connectivity index (χ3n) is 8.22. The van der Waals surface area contributed by atoms with Crippen molar-refractivity contribution in [3.8, 4) is 11.5 Å². The largest absolute Gasteiger partial charge is 0.493 e. The molecule has 0 aliphatic rings. The van der Waals surface area contributed by atoms with E-state index in [-0.39, 0.29) is 18.2 Å². The van der Waals surface area contributed by atoms with Crippen LogP contribution in [0.15, 0.2) is 134 Å². The average molecular weight is 595 g/mol. The van der Waals surface area contributed by atoms with E-state index >= 15 is 0 Å². The highest BCUT2D eigenvalue weighted by atomic mass is 16.5. The van der Waals surface area contributed by atoms with Crippen LogP contribution in [0.5, 0.6) is 11.5 Å². The summed E-state index contributed by atoms with van der Waals surface area (Å²) in [5.41, 5.74) is 7.84. The summed E-state index contributed by atoms with van der Waals surface area (Å²) in [5, 5.41) is 4.28. The Kier molecular flexibility index (Phi) is 9.26. The standard InChI is InChI=1S/C40H38N2O3/c1-29-17-19-31(20-18-29)26-42-27-36(34-15-9-10-16-37(34)42)35(24-40(43)41-25-30-11-5-3-6-12-30)33-21-22-38(44-2)39(23-33)45-28-32-13-7-4-8-14-32/h3-23,27,35H,24-26,28H2,1-2H3,(H,41,43). The molecule has 1 heterocycles. The van der Waals surface area contributed by atoms with Gasteiger partial charge in [0.15, 0.2) is 11.5 Å². The van der Waals surface area contributed by atoms with Gasteiger partial charge in [-0.3, -0.25) is 4.79 Å². The van der Waals surface area contributed by atoms with Crippen LogP contribution in [0, 0.1) is 6.92 Å². The normalized spacial score (nSPS) is 11.7. The summed E-state index contributed by atoms with van der Waals surface area (Å²) >= 11 is 0. The van der Waals surface area contributed by atoms with Gasteiger partial charge in [-0.05, 0) is 52.9 Å². The highest BCUT2D eigenvalue weighted by molar-refractivity contribution is 5.87. The zero-order valence-electron chi connectivity index (χ0n) is 25.8. The van der Waals surface area contributed by atoms with Gasteiger partial charge in [0.2, 0.25) is 5.91 Å². The first-order valence-corrected chi connectivity index (χ1v) is 15.4. The van der Waals surface area contributed by atoms with Crippen LogP contribution in [0.3, 0.4) is 0 Å². The number of carbonyl (C=O) groups excluding carboxylic acids is 1. The molecule has 0 aliphatic carbocycles. The quantitative estimate of drug-likeness (QED) is 0.155. The summed E-state index contributed by atoms with van der Waals surface area (Å²) < 4.78 is 14.3. The second kappa shape index (κ2) is 14.0. The molecule has 226 valence electrons. The third-order valence-corrected chi connectivity index (χ3v) is 8.22. The number of methoxy groups -OCH3 is 1. The number of amides is 1. The minimum absolute atomic E-state index is 0.0122. The predicted octanol–water partition coefficient (Wildman–Crippen LogP) is 8.42. The summed E-state index contributed by atoms with van der Waals surface area (Å²) in [4.78, 5) is 13.6. The maximum atomic E-state index is 13.6. The van der Waals surface area contributed by atoms with Crippen LogP contribution < -0.4 is 14.8 Å². The monoisotopic (exact) mass is 594 g/mol. The van der Waals surface area contributed by atoms with Gasteiger partial charge in [0.25, 0.3) is 0 Å². The lowest BCUT2D eigenvalue weighted by Gasteiger charge is -2.20. The van der Waals surface area contributed by atoms with Crippen LogP contribution in [-0.2, 0) is 24.5 Å². The Morgan fingerprint density at radius 3 is 2.18 bits per heavy atom. The number of hydrogen-bond donors (Lipinski definition) is 1. The fourth-order valence-corrected chi connectivity index (χ4v) is 5.79. The Morgan fingerprint density at radius 1 is 0.756 bits per heavy atom. The number of rotatable bonds is 12. The van der Waals surface area contributed by atoms with Crippen LogP contribution in [0.25, 0.3) is 10.9 Å². The highest BCUT2D eigenvalue weighted by Crippen LogP contribution is 2.39. The Labute approximate surface area is 265 Å². The van der Waals surface area contributed by atoms with E-state index in [0.29, 0.717) is 24.7 Å². The molecule has 0 bridgehead atoms. The van der Waals surface area contributed by atoms with E-state index in [4.69, 9.17) is 9.47 Å². The van der Waals surface area contributed by atoms with Crippen LogP contribution in [-0.4, -0.2) is 17.6 Å². The topological polar surface area (TPSA) is 52.5 Å². The van der Waals surface area contributed by atoms with Crippen molar-refractivity contribution in [3.63, 3.8) is 0 Å². The highest BCUT2D eigenvalue weighted by Gasteiger charge is 2.24. The molecule has 45 heavy (non-hydrogen) atoms. The molecule has 5 heteroatoms. The number of ether oxygens (including phenoxy) is 2. The lowest BCUT2D eigenvalue weighted by Crippen LogP contribution is -2.25. The van der Waals surface area contributed by atoms with E-state index in [9.17, 15) is 4.79 Å². The molecule has 1 N–H and O–H groups in total. The average Bonchev–Trinajstić information content (AvgIpc) is 3.45. The van der Waals surface area contributed by atoms with Gasteiger partial charge in [0.1, 0.15) is 6.61 Å². The van der Waals surface area contributed by atoms with E-state index in [2.05, 4.69) is 77.6 Å². The Hall–Kier alpha value is -5.29. The van der Waals surface area contributed by atoms with Gasteiger partial charge in [-0.15, -0.1) is 0 Å². The maximum absolute atomic E-state index is 13.6. The third kappa shape index (κ3) is 7.27. The lowest BCUT2D eigenvalue weighted by molar-refractivity contribution is -0.121. The molecule has 0 aliphatic heterocycles. The van der Waals surface area contributed by atoms with Crippen LogP contribution in [0.4, 0.5) is 0 Å². The number of aryl methyl sites for hydroxylation is 1. The van der Waals surface area contributed by atoms with Crippen molar-refractivity contribution in [3.05, 3.63) is 167 Å². The van der Waals surface area contributed by atoms with Gasteiger partial charge < -0.3 is 19.4 Å². The molecule has 0 radical (unpaired) electrons. The molecular formula is C40H38N2O3. The molecule has 1 unspecified atom stereocenters. The van der Waals surface area contributed by atoms with Crippen LogP contribution >= 0.6 is 0 Å². The predicted molar refractivity (Wildman–Crippen MR) is 181 cm³/mol. The fourth-order valence-electron chi connectivity index (χ4n) is 5.79. The first-order chi connectivity index (χ1) is 22.1. The molecule has 1 aromatic heterocycles. The number of carbonyl (C=O) groups is 1. The van der Waals surface area contributed by atoms with Crippen molar-refractivity contribution in [1.29, 1.82) is 0 Å². The number of aromatic nitrogens is 1. The fraction of sp³-hybridized carbons (Fsp3) is 0.175. The molecule has 0 saturated carbocycles. The van der Waals surface area contributed by atoms with Crippen LogP contribution in [0.1, 0.15) is 45.7 Å². The van der Waals surface area contributed by atoms with Crippen molar-refractivity contribution < 1.29 is 14.3 Å². The summed E-state index contributed by atoms with van der Waals surface area (Å²) in [6.45, 7) is 3.74. The van der Waals surface area contributed by atoms with Gasteiger partial charge in [0, 0.05) is 42.5 Å². The lowest BCUT2D eigenvalue weighted by atomic mass is 9.87. The molecule has 1 amide bonds. The molecular weight excluding hydrogens is 556 g/mol. The molecule has 6 aromatic rings. The summed E-state index contributed by atoms with van der Waals surface area (Å²) in [5.74, 6) is 1.08. The van der Waals surface area contributed by atoms with Crippen molar-refractivity contribution in [2.24, 2.45) is 0 Å². The molecule has 5 aromatic carbocycles. The van der Waals surface area contributed by atoms with Crippen molar-refractivity contribution in [2.45, 2.75) is 39.0 Å². The number of para-hydroxylation sites is 1. The van der Waals surface area contributed by atoms with Crippen molar-refractivity contribution >= 4 is 16.8 Å². The second-order valence-electron chi connectivity index (χ2n) is 11.4. The zero-order chi connectivity index (χ0) is 31.0. The van der Waals surface area contributed by atoms with E-state index in [0.717, 1.165) is 39.7 Å². The van der Waals surface area contributed by atoms with Gasteiger partial charge in [0.05, 0.1) is 7.11 Å². The number of nitrogens with one attached hydrogen (secondary N) is 1. The first-order valence-electron chi connectivity index (χ1n) is 15.4. The molecule has 6 rings (SSSR count). The van der Waals surface area contributed by atoms with Gasteiger partial charge in [-0.2, -0.15) is 0 Å².